The predicted molar refractivity (Wildman–Crippen MR) is 93.1 cm³/mol. The maximum Gasteiger partial charge on any atom is 0.341 e. The number of carbonyl (C=O) groups is 2. The summed E-state index contributed by atoms with van der Waals surface area (Å²) in [5.74, 6) is 1.02. The molecule has 25 heavy (non-hydrogen) atoms. The largest absolute Gasteiger partial charge is 0.482 e. The Balaban J connectivity index is 1.84. The van der Waals surface area contributed by atoms with Gasteiger partial charge in [-0.05, 0) is 37.1 Å². The Hall–Kier alpha value is -2.76. The quantitative estimate of drug-likeness (QED) is 0.767. The van der Waals surface area contributed by atoms with Crippen molar-refractivity contribution in [3.8, 4) is 5.75 Å². The fourth-order valence-corrected chi connectivity index (χ4v) is 2.33. The van der Waals surface area contributed by atoms with Crippen LogP contribution >= 0.6 is 0 Å². The molecular formula is C19H23NO5. The van der Waals surface area contributed by atoms with E-state index in [4.69, 9.17) is 14.3 Å². The van der Waals surface area contributed by atoms with Gasteiger partial charge in [-0.1, -0.05) is 26.0 Å². The third-order valence-electron chi connectivity index (χ3n) is 3.74. The molecule has 1 heterocycles. The Morgan fingerprint density at radius 2 is 1.92 bits per heavy atom. The fraction of sp³-hybridized carbons (Fsp3) is 0.368. The van der Waals surface area contributed by atoms with Crippen LogP contribution < -0.4 is 10.1 Å². The summed E-state index contributed by atoms with van der Waals surface area (Å²) in [6.45, 7) is 5.96. The van der Waals surface area contributed by atoms with Crippen LogP contribution in [0.5, 0.6) is 5.75 Å². The monoisotopic (exact) mass is 345 g/mol. The molecule has 2 rings (SSSR count). The van der Waals surface area contributed by atoms with Crippen LogP contribution in [0.1, 0.15) is 47.2 Å². The molecular weight excluding hydrogens is 322 g/mol. The van der Waals surface area contributed by atoms with Gasteiger partial charge in [0.05, 0.1) is 5.56 Å². The molecule has 0 radical (unpaired) electrons. The Bertz CT molecular complexity index is 731. The van der Waals surface area contributed by atoms with Crippen LogP contribution in [-0.2, 0) is 11.2 Å². The van der Waals surface area contributed by atoms with E-state index in [2.05, 4.69) is 5.32 Å². The van der Waals surface area contributed by atoms with Crippen molar-refractivity contribution in [1.29, 1.82) is 0 Å². The van der Waals surface area contributed by atoms with E-state index >= 15 is 0 Å². The number of carbonyl (C=O) groups excluding carboxylic acids is 1. The van der Waals surface area contributed by atoms with Crippen molar-refractivity contribution in [3.05, 3.63) is 53.0 Å². The predicted octanol–water partition coefficient (Wildman–Crippen LogP) is 3.15. The summed E-state index contributed by atoms with van der Waals surface area (Å²) in [6.07, 6.45) is 0.666. The van der Waals surface area contributed by atoms with E-state index in [9.17, 15) is 9.59 Å². The van der Waals surface area contributed by atoms with Crippen LogP contribution in [0.3, 0.4) is 0 Å². The standard InChI is InChI=1S/C19H23NO5/c1-12(2)17-10-16(13(3)25-17)19(23)20-9-8-14-4-6-15(7-5-14)24-11-18(21)22/h4-7,10,12H,8-9,11H2,1-3H3,(H,20,23)(H,21,22). The van der Waals surface area contributed by atoms with Crippen LogP contribution in [0.2, 0.25) is 0 Å². The van der Waals surface area contributed by atoms with Crippen molar-refractivity contribution in [2.45, 2.75) is 33.1 Å². The highest BCUT2D eigenvalue weighted by Crippen LogP contribution is 2.21. The summed E-state index contributed by atoms with van der Waals surface area (Å²) in [4.78, 5) is 22.7. The number of aliphatic carboxylic acids is 1. The van der Waals surface area contributed by atoms with Gasteiger partial charge in [-0.15, -0.1) is 0 Å². The van der Waals surface area contributed by atoms with Gasteiger partial charge >= 0.3 is 5.97 Å². The lowest BCUT2D eigenvalue weighted by molar-refractivity contribution is -0.139. The maximum absolute atomic E-state index is 12.2. The molecule has 1 aromatic carbocycles. The minimum Gasteiger partial charge on any atom is -0.482 e. The van der Waals surface area contributed by atoms with E-state index < -0.39 is 5.97 Å². The maximum atomic E-state index is 12.2. The van der Waals surface area contributed by atoms with Gasteiger partial charge in [0.2, 0.25) is 0 Å². The van der Waals surface area contributed by atoms with Gasteiger partial charge in [0.15, 0.2) is 6.61 Å². The average molecular weight is 345 g/mol. The molecule has 0 saturated heterocycles. The first-order valence-corrected chi connectivity index (χ1v) is 8.19. The highest BCUT2D eigenvalue weighted by Gasteiger charge is 2.16. The molecule has 0 saturated carbocycles. The molecule has 2 aromatic rings. The summed E-state index contributed by atoms with van der Waals surface area (Å²) in [5, 5.41) is 11.5. The molecule has 0 bridgehead atoms. The molecule has 0 unspecified atom stereocenters. The first kappa shape index (κ1) is 18.6. The number of hydrogen-bond acceptors (Lipinski definition) is 4. The lowest BCUT2D eigenvalue weighted by atomic mass is 10.1. The van der Waals surface area contributed by atoms with E-state index in [-0.39, 0.29) is 18.4 Å². The van der Waals surface area contributed by atoms with Crippen molar-refractivity contribution >= 4 is 11.9 Å². The number of rotatable bonds is 8. The van der Waals surface area contributed by atoms with Crippen molar-refractivity contribution < 1.29 is 23.8 Å². The van der Waals surface area contributed by atoms with E-state index in [1.807, 2.05) is 26.0 Å². The molecule has 6 nitrogen and oxygen atoms in total. The number of nitrogens with one attached hydrogen (secondary N) is 1. The molecule has 2 N–H and O–H groups in total. The normalized spacial score (nSPS) is 10.7. The number of hydrogen-bond donors (Lipinski definition) is 2. The van der Waals surface area contributed by atoms with Crippen molar-refractivity contribution in [2.24, 2.45) is 0 Å². The van der Waals surface area contributed by atoms with Crippen LogP contribution in [-0.4, -0.2) is 30.1 Å². The second kappa shape index (κ2) is 8.37. The van der Waals surface area contributed by atoms with Gasteiger partial charge in [0.1, 0.15) is 17.3 Å². The lowest BCUT2D eigenvalue weighted by Crippen LogP contribution is -2.25. The Morgan fingerprint density at radius 1 is 1.24 bits per heavy atom. The summed E-state index contributed by atoms with van der Waals surface area (Å²) in [5.41, 5.74) is 1.59. The van der Waals surface area contributed by atoms with E-state index in [0.29, 0.717) is 30.0 Å². The molecule has 6 heteroatoms. The summed E-state index contributed by atoms with van der Waals surface area (Å²) in [7, 11) is 0. The molecule has 0 spiro atoms. The fourth-order valence-electron chi connectivity index (χ4n) is 2.33. The lowest BCUT2D eigenvalue weighted by Gasteiger charge is -2.06. The van der Waals surface area contributed by atoms with E-state index in [0.717, 1.165) is 11.3 Å². The smallest absolute Gasteiger partial charge is 0.341 e. The number of amides is 1. The minimum atomic E-state index is -1.01. The Labute approximate surface area is 146 Å². The van der Waals surface area contributed by atoms with Crippen LogP contribution in [0, 0.1) is 6.92 Å². The molecule has 0 aliphatic rings. The van der Waals surface area contributed by atoms with Gasteiger partial charge in [-0.3, -0.25) is 4.79 Å². The van der Waals surface area contributed by atoms with E-state index in [1.165, 1.54) is 0 Å². The van der Waals surface area contributed by atoms with Crippen molar-refractivity contribution in [2.75, 3.05) is 13.2 Å². The summed E-state index contributed by atoms with van der Waals surface area (Å²) < 4.78 is 10.7. The average Bonchev–Trinajstić information content (AvgIpc) is 2.96. The molecule has 1 amide bonds. The summed E-state index contributed by atoms with van der Waals surface area (Å²) in [6, 6.07) is 8.93. The number of furan rings is 1. The second-order valence-electron chi connectivity index (χ2n) is 6.11. The molecule has 0 aliphatic heterocycles. The number of ether oxygens (including phenoxy) is 1. The zero-order valence-electron chi connectivity index (χ0n) is 14.7. The third-order valence-corrected chi connectivity index (χ3v) is 3.74. The van der Waals surface area contributed by atoms with Crippen LogP contribution in [0.15, 0.2) is 34.7 Å². The van der Waals surface area contributed by atoms with Gasteiger partial charge in [0.25, 0.3) is 5.91 Å². The highest BCUT2D eigenvalue weighted by atomic mass is 16.5. The first-order valence-electron chi connectivity index (χ1n) is 8.19. The van der Waals surface area contributed by atoms with Gasteiger partial charge in [-0.25, -0.2) is 4.79 Å². The molecule has 1 aromatic heterocycles. The Morgan fingerprint density at radius 3 is 2.48 bits per heavy atom. The Kier molecular flexibility index (Phi) is 6.22. The molecule has 134 valence electrons. The number of benzene rings is 1. The SMILES string of the molecule is Cc1oc(C(C)C)cc1C(=O)NCCc1ccc(OCC(=O)O)cc1. The second-order valence-corrected chi connectivity index (χ2v) is 6.11. The van der Waals surface area contributed by atoms with Gasteiger partial charge in [0, 0.05) is 12.5 Å². The van der Waals surface area contributed by atoms with Crippen molar-refractivity contribution in [1.82, 2.24) is 5.32 Å². The van der Waals surface area contributed by atoms with E-state index in [1.54, 1.807) is 25.1 Å². The first-order chi connectivity index (χ1) is 11.9. The molecule has 0 aliphatic carbocycles. The van der Waals surface area contributed by atoms with Crippen LogP contribution in [0.4, 0.5) is 0 Å². The van der Waals surface area contributed by atoms with Crippen molar-refractivity contribution in [3.63, 3.8) is 0 Å². The number of carboxylic acid groups (broad SMARTS) is 1. The number of aryl methyl sites for hydroxylation is 1. The zero-order valence-corrected chi connectivity index (χ0v) is 14.7. The summed E-state index contributed by atoms with van der Waals surface area (Å²) >= 11 is 0. The number of carboxylic acids is 1. The minimum absolute atomic E-state index is 0.144. The topological polar surface area (TPSA) is 88.8 Å². The van der Waals surface area contributed by atoms with Gasteiger partial charge in [-0.2, -0.15) is 0 Å². The molecule has 0 atom stereocenters. The van der Waals surface area contributed by atoms with Crippen LogP contribution in [0.25, 0.3) is 0 Å². The zero-order chi connectivity index (χ0) is 18.4. The highest BCUT2D eigenvalue weighted by molar-refractivity contribution is 5.95. The van der Waals surface area contributed by atoms with Gasteiger partial charge < -0.3 is 19.6 Å². The molecule has 0 fully saturated rings. The third kappa shape index (κ3) is 5.38.